The minimum Gasteiger partial charge on any atom is -0.352 e. The van der Waals surface area contributed by atoms with Crippen LogP contribution in [-0.2, 0) is 11.2 Å². The van der Waals surface area contributed by atoms with Gasteiger partial charge in [0, 0.05) is 31.6 Å². The zero-order valence-corrected chi connectivity index (χ0v) is 12.2. The summed E-state index contributed by atoms with van der Waals surface area (Å²) in [7, 11) is 0. The van der Waals surface area contributed by atoms with Crippen molar-refractivity contribution in [2.45, 2.75) is 31.7 Å². The van der Waals surface area contributed by atoms with Crippen molar-refractivity contribution in [3.63, 3.8) is 0 Å². The molecule has 2 aromatic heterocycles. The van der Waals surface area contributed by atoms with Crippen molar-refractivity contribution in [3.8, 4) is 11.5 Å². The van der Waals surface area contributed by atoms with Crippen LogP contribution in [0.2, 0.25) is 0 Å². The number of aromatic nitrogens is 3. The molecule has 1 aliphatic carbocycles. The van der Waals surface area contributed by atoms with Gasteiger partial charge in [-0.05, 0) is 30.9 Å². The van der Waals surface area contributed by atoms with Crippen molar-refractivity contribution in [1.29, 1.82) is 0 Å². The first-order chi connectivity index (χ1) is 10.8. The number of carbonyl (C=O) groups excluding carboxylic acids is 1. The van der Waals surface area contributed by atoms with Gasteiger partial charge in [-0.15, -0.1) is 0 Å². The molecule has 22 heavy (non-hydrogen) atoms. The topological polar surface area (TPSA) is 107 Å². The summed E-state index contributed by atoms with van der Waals surface area (Å²) < 4.78 is 5.15. The Morgan fingerprint density at radius 1 is 1.45 bits per heavy atom. The first-order valence-corrected chi connectivity index (χ1v) is 7.49. The van der Waals surface area contributed by atoms with Crippen LogP contribution >= 0.6 is 0 Å². The van der Waals surface area contributed by atoms with Crippen molar-refractivity contribution < 1.29 is 9.32 Å². The van der Waals surface area contributed by atoms with Crippen LogP contribution in [0, 0.1) is 5.92 Å². The van der Waals surface area contributed by atoms with Crippen molar-refractivity contribution in [2.75, 3.05) is 6.54 Å². The van der Waals surface area contributed by atoms with Gasteiger partial charge in [0.25, 0.3) is 0 Å². The zero-order valence-electron chi connectivity index (χ0n) is 12.2. The van der Waals surface area contributed by atoms with Crippen LogP contribution in [0.15, 0.2) is 28.9 Å². The number of hydrogen-bond donors (Lipinski definition) is 2. The maximum Gasteiger partial charge on any atom is 0.227 e. The third kappa shape index (κ3) is 3.67. The minimum absolute atomic E-state index is 0.0278. The molecule has 0 saturated heterocycles. The average Bonchev–Trinajstić information content (AvgIpc) is 3.29. The third-order valence-corrected chi connectivity index (χ3v) is 3.72. The molecule has 0 bridgehead atoms. The summed E-state index contributed by atoms with van der Waals surface area (Å²) in [5.41, 5.74) is 6.33. The number of amides is 1. The molecule has 2 aromatic rings. The van der Waals surface area contributed by atoms with Crippen molar-refractivity contribution >= 4 is 5.91 Å². The average molecular weight is 301 g/mol. The van der Waals surface area contributed by atoms with Gasteiger partial charge in [-0.25, -0.2) is 0 Å². The number of nitrogens with zero attached hydrogens (tertiary/aromatic N) is 3. The summed E-state index contributed by atoms with van der Waals surface area (Å²) >= 11 is 0. The Morgan fingerprint density at radius 3 is 3.00 bits per heavy atom. The van der Waals surface area contributed by atoms with Crippen LogP contribution in [-0.4, -0.2) is 33.6 Å². The number of pyridine rings is 1. The lowest BCUT2D eigenvalue weighted by molar-refractivity contribution is -0.121. The lowest BCUT2D eigenvalue weighted by Gasteiger charge is -2.15. The summed E-state index contributed by atoms with van der Waals surface area (Å²) in [6, 6.07) is 5.58. The van der Waals surface area contributed by atoms with E-state index in [2.05, 4.69) is 20.4 Å². The van der Waals surface area contributed by atoms with E-state index >= 15 is 0 Å². The molecule has 3 rings (SSSR count). The van der Waals surface area contributed by atoms with E-state index < -0.39 is 0 Å². The van der Waals surface area contributed by atoms with Gasteiger partial charge < -0.3 is 15.6 Å². The van der Waals surface area contributed by atoms with Crippen molar-refractivity contribution in [3.05, 3.63) is 30.3 Å². The molecular formula is C15H19N5O2. The lowest BCUT2D eigenvalue weighted by atomic mass is 10.1. The van der Waals surface area contributed by atoms with E-state index in [4.69, 9.17) is 10.3 Å². The fourth-order valence-corrected chi connectivity index (χ4v) is 2.32. The molecule has 0 aromatic carbocycles. The Morgan fingerprint density at radius 2 is 2.32 bits per heavy atom. The Kier molecular flexibility index (Phi) is 4.43. The van der Waals surface area contributed by atoms with Crippen LogP contribution < -0.4 is 11.1 Å². The molecule has 7 nitrogen and oxygen atoms in total. The van der Waals surface area contributed by atoms with Gasteiger partial charge >= 0.3 is 0 Å². The molecule has 7 heteroatoms. The van der Waals surface area contributed by atoms with Gasteiger partial charge in [-0.2, -0.15) is 4.98 Å². The molecule has 3 N–H and O–H groups in total. The van der Waals surface area contributed by atoms with E-state index in [1.807, 2.05) is 18.2 Å². The van der Waals surface area contributed by atoms with Crippen LogP contribution in [0.25, 0.3) is 11.5 Å². The summed E-state index contributed by atoms with van der Waals surface area (Å²) in [5.74, 6) is 1.40. The Bertz CT molecular complexity index is 624. The quantitative estimate of drug-likeness (QED) is 0.787. The van der Waals surface area contributed by atoms with E-state index in [1.165, 1.54) is 0 Å². The van der Waals surface area contributed by atoms with E-state index in [0.717, 1.165) is 12.8 Å². The van der Waals surface area contributed by atoms with Gasteiger partial charge in [0.2, 0.25) is 17.6 Å². The highest BCUT2D eigenvalue weighted by Gasteiger charge is 2.31. The monoisotopic (exact) mass is 301 g/mol. The molecule has 0 radical (unpaired) electrons. The predicted molar refractivity (Wildman–Crippen MR) is 79.6 cm³/mol. The standard InChI is InChI=1S/C15H19N5O2/c16-9-12(10-4-5-10)18-13(21)6-7-14-19-15(20-22-14)11-3-1-2-8-17-11/h1-3,8,10,12H,4-7,9,16H2,(H,18,21). The molecular weight excluding hydrogens is 282 g/mol. The Hall–Kier alpha value is -2.28. The summed E-state index contributed by atoms with van der Waals surface area (Å²) in [4.78, 5) is 20.3. The highest BCUT2D eigenvalue weighted by Crippen LogP contribution is 2.32. The highest BCUT2D eigenvalue weighted by atomic mass is 16.5. The van der Waals surface area contributed by atoms with E-state index in [9.17, 15) is 4.79 Å². The second-order valence-electron chi connectivity index (χ2n) is 5.47. The number of carbonyl (C=O) groups is 1. The molecule has 1 saturated carbocycles. The maximum atomic E-state index is 11.9. The minimum atomic E-state index is -0.0278. The van der Waals surface area contributed by atoms with Gasteiger partial charge in [-0.1, -0.05) is 11.2 Å². The number of aryl methyl sites for hydroxylation is 1. The van der Waals surface area contributed by atoms with Crippen molar-refractivity contribution in [1.82, 2.24) is 20.4 Å². The van der Waals surface area contributed by atoms with E-state index in [-0.39, 0.29) is 11.9 Å². The van der Waals surface area contributed by atoms with Gasteiger partial charge in [0.1, 0.15) is 5.69 Å². The lowest BCUT2D eigenvalue weighted by Crippen LogP contribution is -2.41. The predicted octanol–water partition coefficient (Wildman–Crippen LogP) is 0.918. The summed E-state index contributed by atoms with van der Waals surface area (Å²) in [6.07, 6.45) is 4.70. The molecule has 0 aliphatic heterocycles. The molecule has 1 unspecified atom stereocenters. The van der Waals surface area contributed by atoms with Gasteiger partial charge in [-0.3, -0.25) is 9.78 Å². The molecule has 116 valence electrons. The van der Waals surface area contributed by atoms with Crippen LogP contribution in [0.5, 0.6) is 0 Å². The van der Waals surface area contributed by atoms with Crippen LogP contribution in [0.1, 0.15) is 25.2 Å². The number of rotatable bonds is 7. The zero-order chi connectivity index (χ0) is 15.4. The second-order valence-corrected chi connectivity index (χ2v) is 5.47. The molecule has 1 atom stereocenters. The molecule has 1 amide bonds. The van der Waals surface area contributed by atoms with Crippen LogP contribution in [0.3, 0.4) is 0 Å². The van der Waals surface area contributed by atoms with E-state index in [1.54, 1.807) is 6.20 Å². The molecule has 1 fully saturated rings. The smallest absolute Gasteiger partial charge is 0.227 e. The van der Waals surface area contributed by atoms with E-state index in [0.29, 0.717) is 42.7 Å². The van der Waals surface area contributed by atoms with Crippen LogP contribution in [0.4, 0.5) is 0 Å². The second kappa shape index (κ2) is 6.65. The molecule has 0 spiro atoms. The third-order valence-electron chi connectivity index (χ3n) is 3.72. The Balaban J connectivity index is 1.51. The highest BCUT2D eigenvalue weighted by molar-refractivity contribution is 5.76. The summed E-state index contributed by atoms with van der Waals surface area (Å²) in [6.45, 7) is 0.487. The van der Waals surface area contributed by atoms with Gasteiger partial charge in [0.15, 0.2) is 0 Å². The maximum absolute atomic E-state index is 11.9. The van der Waals surface area contributed by atoms with Gasteiger partial charge in [0.05, 0.1) is 0 Å². The normalized spacial score (nSPS) is 15.5. The van der Waals surface area contributed by atoms with Crippen molar-refractivity contribution in [2.24, 2.45) is 11.7 Å². The fraction of sp³-hybridized carbons (Fsp3) is 0.467. The molecule has 1 aliphatic rings. The summed E-state index contributed by atoms with van der Waals surface area (Å²) in [5, 5.41) is 6.85. The first-order valence-electron chi connectivity index (χ1n) is 7.49. The Labute approximate surface area is 128 Å². The number of hydrogen-bond acceptors (Lipinski definition) is 6. The first kappa shape index (κ1) is 14.6. The number of nitrogens with two attached hydrogens (primary N) is 1. The molecule has 2 heterocycles. The number of nitrogens with one attached hydrogen (secondary N) is 1. The fourth-order valence-electron chi connectivity index (χ4n) is 2.32. The SMILES string of the molecule is NCC(NC(=O)CCc1nc(-c2ccccn2)no1)C1CC1. The largest absolute Gasteiger partial charge is 0.352 e.